The molecule has 0 fully saturated rings. The van der Waals surface area contributed by atoms with E-state index in [1.54, 1.807) is 0 Å². The highest BCUT2D eigenvalue weighted by molar-refractivity contribution is 7.84. The summed E-state index contributed by atoms with van der Waals surface area (Å²) in [6.07, 6.45) is 0. The monoisotopic (exact) mass is 124 g/mol. The molecular formula is C2H6NO3S. The minimum Gasteiger partial charge on any atom is -0.257 e. The van der Waals surface area contributed by atoms with Crippen LogP contribution in [0.3, 0.4) is 0 Å². The average Bonchev–Trinajstić information content (AvgIpc) is 1.30. The van der Waals surface area contributed by atoms with Crippen molar-refractivity contribution in [1.82, 2.24) is 5.14 Å². The van der Waals surface area contributed by atoms with E-state index in [-0.39, 0.29) is 6.61 Å². The van der Waals surface area contributed by atoms with Gasteiger partial charge in [-0.3, -0.25) is 4.18 Å². The first-order valence-electron chi connectivity index (χ1n) is 1.70. The molecule has 0 aliphatic carbocycles. The van der Waals surface area contributed by atoms with Gasteiger partial charge in [0.05, 0.1) is 6.61 Å². The molecule has 0 rings (SSSR count). The highest BCUT2D eigenvalue weighted by atomic mass is 32.2. The molecule has 43 valence electrons. The lowest BCUT2D eigenvalue weighted by molar-refractivity contribution is 0.337. The topological polar surface area (TPSA) is 67.2 Å². The molecular weight excluding hydrogens is 118 g/mol. The van der Waals surface area contributed by atoms with Gasteiger partial charge in [0.25, 0.3) is 0 Å². The Hall–Kier alpha value is -0.130. The summed E-state index contributed by atoms with van der Waals surface area (Å²) in [6, 6.07) is 0. The van der Waals surface area contributed by atoms with E-state index < -0.39 is 10.3 Å². The van der Waals surface area contributed by atoms with Crippen molar-refractivity contribution in [3.8, 4) is 0 Å². The second-order valence-electron chi connectivity index (χ2n) is 0.861. The van der Waals surface area contributed by atoms with Gasteiger partial charge in [0, 0.05) is 0 Å². The molecule has 1 N–H and O–H groups in total. The first-order chi connectivity index (χ1) is 3.06. The Labute approximate surface area is 42.5 Å². The quantitative estimate of drug-likeness (QED) is 0.500. The zero-order valence-electron chi connectivity index (χ0n) is 3.84. The van der Waals surface area contributed by atoms with Crippen LogP contribution >= 0.6 is 0 Å². The van der Waals surface area contributed by atoms with Crippen LogP contribution in [-0.4, -0.2) is 15.0 Å². The average molecular weight is 124 g/mol. The van der Waals surface area contributed by atoms with Gasteiger partial charge in [0.2, 0.25) is 0 Å². The van der Waals surface area contributed by atoms with Gasteiger partial charge in [-0.15, -0.1) is 5.14 Å². The van der Waals surface area contributed by atoms with E-state index in [0.717, 1.165) is 0 Å². The lowest BCUT2D eigenvalue weighted by atomic mass is 10.9. The first-order valence-corrected chi connectivity index (χ1v) is 3.11. The molecule has 4 nitrogen and oxygen atoms in total. The molecule has 0 bridgehead atoms. The van der Waals surface area contributed by atoms with Crippen LogP contribution in [0.25, 0.3) is 0 Å². The van der Waals surface area contributed by atoms with Crippen LogP contribution in [0.2, 0.25) is 0 Å². The van der Waals surface area contributed by atoms with E-state index in [1.807, 2.05) is 0 Å². The molecule has 7 heavy (non-hydrogen) atoms. The first kappa shape index (κ1) is 6.87. The van der Waals surface area contributed by atoms with Gasteiger partial charge in [-0.25, -0.2) is 0 Å². The molecule has 0 aromatic heterocycles. The summed E-state index contributed by atoms with van der Waals surface area (Å²) in [5.74, 6) is 0. The lowest BCUT2D eigenvalue weighted by Gasteiger charge is -1.89. The molecule has 0 saturated heterocycles. The zero-order valence-corrected chi connectivity index (χ0v) is 4.66. The Kier molecular flexibility index (Phi) is 2.21. The third-order valence-electron chi connectivity index (χ3n) is 0.273. The van der Waals surface area contributed by atoms with Gasteiger partial charge in [-0.2, -0.15) is 8.42 Å². The van der Waals surface area contributed by atoms with E-state index in [4.69, 9.17) is 5.14 Å². The summed E-state index contributed by atoms with van der Waals surface area (Å²) < 4.78 is 23.2. The van der Waals surface area contributed by atoms with E-state index >= 15 is 0 Å². The van der Waals surface area contributed by atoms with Crippen LogP contribution in [0.1, 0.15) is 6.92 Å². The molecule has 1 radical (unpaired) electrons. The van der Waals surface area contributed by atoms with Crippen molar-refractivity contribution in [1.29, 1.82) is 0 Å². The number of rotatable bonds is 2. The van der Waals surface area contributed by atoms with Gasteiger partial charge in [0.1, 0.15) is 0 Å². The van der Waals surface area contributed by atoms with E-state index in [9.17, 15) is 8.42 Å². The Morgan fingerprint density at radius 1 is 1.71 bits per heavy atom. The van der Waals surface area contributed by atoms with Crippen molar-refractivity contribution in [2.24, 2.45) is 0 Å². The molecule has 0 aromatic rings. The molecule has 0 unspecified atom stereocenters. The lowest BCUT2D eigenvalue weighted by Crippen LogP contribution is -2.04. The zero-order chi connectivity index (χ0) is 5.91. The third kappa shape index (κ3) is 5.87. The minimum atomic E-state index is -3.92. The summed E-state index contributed by atoms with van der Waals surface area (Å²) >= 11 is 0. The summed E-state index contributed by atoms with van der Waals surface area (Å²) in [6.45, 7) is 1.54. The van der Waals surface area contributed by atoms with E-state index in [0.29, 0.717) is 0 Å². The van der Waals surface area contributed by atoms with E-state index in [1.165, 1.54) is 6.92 Å². The predicted molar refractivity (Wildman–Crippen MR) is 23.6 cm³/mol. The third-order valence-corrected chi connectivity index (χ3v) is 0.819. The maximum atomic E-state index is 9.68. The smallest absolute Gasteiger partial charge is 0.257 e. The highest BCUT2D eigenvalue weighted by Crippen LogP contribution is 1.79. The predicted octanol–water partition coefficient (Wildman–Crippen LogP) is -0.449. The van der Waals surface area contributed by atoms with Crippen LogP contribution in [0.5, 0.6) is 0 Å². The van der Waals surface area contributed by atoms with Gasteiger partial charge in [0.15, 0.2) is 0 Å². The summed E-state index contributed by atoms with van der Waals surface area (Å²) in [4.78, 5) is 0. The van der Waals surface area contributed by atoms with Crippen molar-refractivity contribution in [3.05, 3.63) is 0 Å². The fourth-order valence-electron chi connectivity index (χ4n) is 0.155. The van der Waals surface area contributed by atoms with Gasteiger partial charge < -0.3 is 0 Å². The van der Waals surface area contributed by atoms with Crippen molar-refractivity contribution >= 4 is 10.3 Å². The van der Waals surface area contributed by atoms with Crippen molar-refractivity contribution in [2.45, 2.75) is 6.92 Å². The maximum absolute atomic E-state index is 9.68. The van der Waals surface area contributed by atoms with Crippen LogP contribution in [0.4, 0.5) is 0 Å². The number of hydrogen-bond acceptors (Lipinski definition) is 3. The number of hydrogen-bond donors (Lipinski definition) is 0. The molecule has 0 amide bonds. The molecule has 0 atom stereocenters. The molecule has 0 spiro atoms. The van der Waals surface area contributed by atoms with Crippen molar-refractivity contribution < 1.29 is 12.6 Å². The molecule has 0 saturated carbocycles. The largest absolute Gasteiger partial charge is 0.349 e. The van der Waals surface area contributed by atoms with Gasteiger partial charge in [-0.05, 0) is 6.92 Å². The molecule has 5 heteroatoms. The van der Waals surface area contributed by atoms with Crippen LogP contribution in [0.15, 0.2) is 0 Å². The minimum absolute atomic E-state index is 0.0336. The van der Waals surface area contributed by atoms with Crippen LogP contribution < -0.4 is 5.14 Å². The second-order valence-corrected chi connectivity index (χ2v) is 2.00. The fourth-order valence-corrected chi connectivity index (χ4v) is 0.465. The number of nitrogens with one attached hydrogen (secondary N) is 1. The fraction of sp³-hybridized carbons (Fsp3) is 1.00. The summed E-state index contributed by atoms with van der Waals surface area (Å²) in [7, 11) is -3.92. The Morgan fingerprint density at radius 2 is 2.14 bits per heavy atom. The Balaban J connectivity index is 3.60. The van der Waals surface area contributed by atoms with E-state index in [2.05, 4.69) is 4.18 Å². The van der Waals surface area contributed by atoms with Crippen molar-refractivity contribution in [2.75, 3.05) is 6.61 Å². The molecule has 0 aliphatic heterocycles. The van der Waals surface area contributed by atoms with Gasteiger partial charge in [-0.1, -0.05) is 0 Å². The normalized spacial score (nSPS) is 11.7. The maximum Gasteiger partial charge on any atom is 0.349 e. The molecule has 0 aliphatic rings. The van der Waals surface area contributed by atoms with Gasteiger partial charge >= 0.3 is 10.3 Å². The van der Waals surface area contributed by atoms with Crippen LogP contribution in [0, 0.1) is 0 Å². The molecule has 0 heterocycles. The summed E-state index contributed by atoms with van der Waals surface area (Å²) in [5.41, 5.74) is 0. The second kappa shape index (κ2) is 2.25. The van der Waals surface area contributed by atoms with Crippen LogP contribution in [-0.2, 0) is 14.5 Å². The Bertz CT molecular complexity index is 126. The standard InChI is InChI=1S/C2H6NO3S/c1-2-6-7(3,4)5/h3H,2H2,1H3. The van der Waals surface area contributed by atoms with Crippen molar-refractivity contribution in [3.63, 3.8) is 0 Å². The SMILES string of the molecule is CCOS([NH])(=O)=O. The highest BCUT2D eigenvalue weighted by Gasteiger charge is 1.97. The molecule has 0 aromatic carbocycles. The Morgan fingerprint density at radius 3 is 2.14 bits per heavy atom. The summed E-state index contributed by atoms with van der Waals surface area (Å²) in [5, 5.41) is 6.08.